The Morgan fingerprint density at radius 3 is 2.59 bits per heavy atom. The van der Waals surface area contributed by atoms with Gasteiger partial charge in [-0.2, -0.15) is 0 Å². The number of fused-ring (bicyclic) bond motifs is 1. The number of nitrogens with one attached hydrogen (secondary N) is 1. The number of hydrogen-bond donors (Lipinski definition) is 1. The summed E-state index contributed by atoms with van der Waals surface area (Å²) < 4.78 is 0. The number of aryl methyl sites for hydroxylation is 1. The van der Waals surface area contributed by atoms with E-state index in [9.17, 15) is 9.59 Å². The standard InChI is InChI=1S/C21H19ClN4O2S/c1-13-2-3-14(12-23-13)21(28)26-10-8-17-18(9-11-26)29-20(25-17)19(27)24-16-6-4-15(22)5-7-16/h2-7,12H,8-11H2,1H3,(H,24,27). The van der Waals surface area contributed by atoms with Crippen molar-refractivity contribution in [3.63, 3.8) is 0 Å². The third-order valence-corrected chi connectivity index (χ3v) is 6.16. The number of carbonyl (C=O) groups is 2. The summed E-state index contributed by atoms with van der Waals surface area (Å²) >= 11 is 7.27. The molecule has 1 N–H and O–H groups in total. The fourth-order valence-electron chi connectivity index (χ4n) is 3.16. The zero-order chi connectivity index (χ0) is 20.4. The van der Waals surface area contributed by atoms with Gasteiger partial charge in [0, 0.05) is 53.4 Å². The Hall–Kier alpha value is -2.77. The fraction of sp³-hybridized carbons (Fsp3) is 0.238. The van der Waals surface area contributed by atoms with Gasteiger partial charge in [0.2, 0.25) is 0 Å². The number of hydrogen-bond acceptors (Lipinski definition) is 5. The third-order valence-electron chi connectivity index (χ3n) is 4.75. The molecule has 0 fully saturated rings. The Balaban J connectivity index is 1.42. The smallest absolute Gasteiger partial charge is 0.284 e. The first-order chi connectivity index (χ1) is 14.0. The minimum atomic E-state index is -0.232. The van der Waals surface area contributed by atoms with Gasteiger partial charge in [-0.1, -0.05) is 11.6 Å². The Kier molecular flexibility index (Phi) is 5.60. The largest absolute Gasteiger partial charge is 0.338 e. The number of benzene rings is 1. The van der Waals surface area contributed by atoms with E-state index in [1.165, 1.54) is 11.3 Å². The van der Waals surface area contributed by atoms with Gasteiger partial charge in [-0.05, 0) is 43.3 Å². The minimum absolute atomic E-state index is 0.0200. The molecule has 0 atom stereocenters. The molecule has 8 heteroatoms. The summed E-state index contributed by atoms with van der Waals surface area (Å²) in [6.07, 6.45) is 2.94. The lowest BCUT2D eigenvalue weighted by atomic mass is 10.2. The normalized spacial score (nSPS) is 13.5. The van der Waals surface area contributed by atoms with Crippen molar-refractivity contribution in [1.29, 1.82) is 0 Å². The lowest BCUT2D eigenvalue weighted by molar-refractivity contribution is 0.0762. The van der Waals surface area contributed by atoms with Crippen molar-refractivity contribution in [1.82, 2.24) is 14.9 Å². The van der Waals surface area contributed by atoms with E-state index < -0.39 is 0 Å². The number of halogens is 1. The SMILES string of the molecule is Cc1ccc(C(=O)N2CCc3nc(C(=O)Nc4ccc(Cl)cc4)sc3CC2)cn1. The molecule has 2 amide bonds. The molecule has 0 saturated carbocycles. The number of carbonyl (C=O) groups excluding carboxylic acids is 2. The summed E-state index contributed by atoms with van der Waals surface area (Å²) in [6.45, 7) is 3.06. The highest BCUT2D eigenvalue weighted by Gasteiger charge is 2.24. The Labute approximate surface area is 177 Å². The van der Waals surface area contributed by atoms with E-state index >= 15 is 0 Å². The molecule has 3 aromatic rings. The molecular formula is C21H19ClN4O2S. The molecule has 148 valence electrons. The molecule has 4 rings (SSSR count). The topological polar surface area (TPSA) is 75.2 Å². The van der Waals surface area contributed by atoms with E-state index in [0.29, 0.717) is 47.2 Å². The molecule has 0 unspecified atom stereocenters. The van der Waals surface area contributed by atoms with E-state index in [1.807, 2.05) is 24.0 Å². The average molecular weight is 427 g/mol. The van der Waals surface area contributed by atoms with Crippen LogP contribution in [0.5, 0.6) is 0 Å². The van der Waals surface area contributed by atoms with E-state index in [0.717, 1.165) is 16.3 Å². The zero-order valence-electron chi connectivity index (χ0n) is 15.8. The van der Waals surface area contributed by atoms with Gasteiger partial charge in [0.05, 0.1) is 11.3 Å². The van der Waals surface area contributed by atoms with Gasteiger partial charge >= 0.3 is 0 Å². The number of thiazole rings is 1. The van der Waals surface area contributed by atoms with Crippen LogP contribution in [0.15, 0.2) is 42.6 Å². The second-order valence-electron chi connectivity index (χ2n) is 6.83. The van der Waals surface area contributed by atoms with Gasteiger partial charge in [-0.15, -0.1) is 11.3 Å². The van der Waals surface area contributed by atoms with Crippen LogP contribution >= 0.6 is 22.9 Å². The van der Waals surface area contributed by atoms with Crippen molar-refractivity contribution < 1.29 is 9.59 Å². The highest BCUT2D eigenvalue weighted by molar-refractivity contribution is 7.13. The van der Waals surface area contributed by atoms with Crippen LogP contribution < -0.4 is 5.32 Å². The van der Waals surface area contributed by atoms with E-state index in [-0.39, 0.29) is 11.8 Å². The molecule has 0 radical (unpaired) electrons. The number of aromatic nitrogens is 2. The minimum Gasteiger partial charge on any atom is -0.338 e. The predicted molar refractivity (Wildman–Crippen MR) is 114 cm³/mol. The van der Waals surface area contributed by atoms with E-state index in [4.69, 9.17) is 11.6 Å². The highest BCUT2D eigenvalue weighted by Crippen LogP contribution is 2.25. The van der Waals surface area contributed by atoms with Gasteiger partial charge < -0.3 is 10.2 Å². The zero-order valence-corrected chi connectivity index (χ0v) is 17.4. The van der Waals surface area contributed by atoms with Crippen LogP contribution in [0.2, 0.25) is 5.02 Å². The molecule has 0 spiro atoms. The van der Waals surface area contributed by atoms with Crippen molar-refractivity contribution in [2.24, 2.45) is 0 Å². The van der Waals surface area contributed by atoms with Crippen LogP contribution in [0.4, 0.5) is 5.69 Å². The van der Waals surface area contributed by atoms with Crippen LogP contribution in [0.3, 0.4) is 0 Å². The fourth-order valence-corrected chi connectivity index (χ4v) is 4.28. The summed E-state index contributed by atoms with van der Waals surface area (Å²) in [5.74, 6) is -0.252. The summed E-state index contributed by atoms with van der Waals surface area (Å²) in [7, 11) is 0. The van der Waals surface area contributed by atoms with Gasteiger partial charge in [-0.3, -0.25) is 14.6 Å². The average Bonchev–Trinajstić information content (AvgIpc) is 3.03. The van der Waals surface area contributed by atoms with Gasteiger partial charge in [-0.25, -0.2) is 4.98 Å². The first-order valence-corrected chi connectivity index (χ1v) is 10.5. The maximum atomic E-state index is 12.7. The highest BCUT2D eigenvalue weighted by atomic mass is 35.5. The van der Waals surface area contributed by atoms with Crippen molar-refractivity contribution in [2.75, 3.05) is 18.4 Å². The molecule has 2 aromatic heterocycles. The number of pyridine rings is 1. The molecule has 29 heavy (non-hydrogen) atoms. The van der Waals surface area contributed by atoms with Gasteiger partial charge in [0.15, 0.2) is 5.01 Å². The summed E-state index contributed by atoms with van der Waals surface area (Å²) in [5, 5.41) is 3.89. The maximum absolute atomic E-state index is 12.7. The van der Waals surface area contributed by atoms with Crippen molar-refractivity contribution in [2.45, 2.75) is 19.8 Å². The summed E-state index contributed by atoms with van der Waals surface area (Å²) in [5.41, 5.74) is 3.05. The van der Waals surface area contributed by atoms with E-state index in [1.54, 1.807) is 30.5 Å². The molecule has 3 heterocycles. The molecule has 6 nitrogen and oxygen atoms in total. The molecule has 1 aliphatic rings. The van der Waals surface area contributed by atoms with Crippen molar-refractivity contribution >= 4 is 40.4 Å². The number of anilines is 1. The quantitative estimate of drug-likeness (QED) is 0.687. The third kappa shape index (κ3) is 4.46. The Morgan fingerprint density at radius 2 is 1.86 bits per heavy atom. The molecular weight excluding hydrogens is 408 g/mol. The lowest BCUT2D eigenvalue weighted by Crippen LogP contribution is -2.33. The van der Waals surface area contributed by atoms with Gasteiger partial charge in [0.25, 0.3) is 11.8 Å². The summed E-state index contributed by atoms with van der Waals surface area (Å²) in [6, 6.07) is 10.6. The molecule has 1 aromatic carbocycles. The Morgan fingerprint density at radius 1 is 1.10 bits per heavy atom. The number of amides is 2. The lowest BCUT2D eigenvalue weighted by Gasteiger charge is -2.20. The summed E-state index contributed by atoms with van der Waals surface area (Å²) in [4.78, 5) is 36.9. The van der Waals surface area contributed by atoms with Crippen LogP contribution in [0.25, 0.3) is 0 Å². The van der Waals surface area contributed by atoms with Crippen molar-refractivity contribution in [3.05, 3.63) is 74.5 Å². The first kappa shape index (κ1) is 19.5. The molecule has 0 aliphatic carbocycles. The monoisotopic (exact) mass is 426 g/mol. The number of nitrogens with zero attached hydrogens (tertiary/aromatic N) is 3. The first-order valence-electron chi connectivity index (χ1n) is 9.27. The second-order valence-corrected chi connectivity index (χ2v) is 8.35. The Bertz CT molecular complexity index is 1020. The van der Waals surface area contributed by atoms with Gasteiger partial charge in [0.1, 0.15) is 0 Å². The maximum Gasteiger partial charge on any atom is 0.284 e. The predicted octanol–water partition coefficient (Wildman–Crippen LogP) is 3.99. The van der Waals surface area contributed by atoms with Crippen LogP contribution in [-0.2, 0) is 12.8 Å². The van der Waals surface area contributed by atoms with Crippen LogP contribution in [0, 0.1) is 6.92 Å². The molecule has 0 bridgehead atoms. The molecule has 0 saturated heterocycles. The van der Waals surface area contributed by atoms with E-state index in [2.05, 4.69) is 15.3 Å². The number of rotatable bonds is 3. The molecule has 1 aliphatic heterocycles. The van der Waals surface area contributed by atoms with Crippen molar-refractivity contribution in [3.8, 4) is 0 Å². The van der Waals surface area contributed by atoms with Crippen LogP contribution in [-0.4, -0.2) is 39.8 Å². The second kappa shape index (κ2) is 8.31. The van der Waals surface area contributed by atoms with Crippen LogP contribution in [0.1, 0.15) is 36.4 Å².